The van der Waals surface area contributed by atoms with Gasteiger partial charge < -0.3 is 9.47 Å². The van der Waals surface area contributed by atoms with Gasteiger partial charge in [0.1, 0.15) is 5.03 Å². The lowest BCUT2D eigenvalue weighted by Crippen LogP contribution is -2.14. The molecular formula is C10H13ClN2O3S. The summed E-state index contributed by atoms with van der Waals surface area (Å²) in [6, 6.07) is 0.252. The summed E-state index contributed by atoms with van der Waals surface area (Å²) >= 11 is 7.30. The molecule has 0 saturated heterocycles. The maximum absolute atomic E-state index is 11.2. The first-order valence-electron chi connectivity index (χ1n) is 4.85. The van der Waals surface area contributed by atoms with Gasteiger partial charge in [-0.05, 0) is 0 Å². The molecule has 0 saturated carbocycles. The number of rotatable bonds is 5. The predicted molar refractivity (Wildman–Crippen MR) is 65.5 cm³/mol. The lowest BCUT2D eigenvalue weighted by molar-refractivity contribution is -0.143. The largest absolute Gasteiger partial charge is 0.469 e. The van der Waals surface area contributed by atoms with Crippen LogP contribution in [0.1, 0.15) is 6.92 Å². The highest BCUT2D eigenvalue weighted by Gasteiger charge is 2.15. The van der Waals surface area contributed by atoms with E-state index in [-0.39, 0.29) is 17.9 Å². The number of ether oxygens (including phenoxy) is 2. The van der Waals surface area contributed by atoms with Crippen molar-refractivity contribution < 1.29 is 14.3 Å². The summed E-state index contributed by atoms with van der Waals surface area (Å²) in [7, 11) is 2.85. The molecule has 0 aliphatic carbocycles. The first kappa shape index (κ1) is 14.1. The number of nitrogens with zero attached hydrogens (tertiary/aromatic N) is 2. The Morgan fingerprint density at radius 1 is 1.59 bits per heavy atom. The molecule has 0 radical (unpaired) electrons. The smallest absolute Gasteiger partial charge is 0.317 e. The third-order valence-electron chi connectivity index (χ3n) is 1.95. The van der Waals surface area contributed by atoms with Gasteiger partial charge in [0.25, 0.3) is 0 Å². The Labute approximate surface area is 109 Å². The summed E-state index contributed by atoms with van der Waals surface area (Å²) in [6.07, 6.45) is 1.47. The Balaban J connectivity index is 2.65. The quantitative estimate of drug-likeness (QED) is 0.466. The van der Waals surface area contributed by atoms with E-state index in [0.29, 0.717) is 15.8 Å². The van der Waals surface area contributed by atoms with Gasteiger partial charge >= 0.3 is 12.0 Å². The van der Waals surface area contributed by atoms with Crippen molar-refractivity contribution in [3.8, 4) is 6.01 Å². The zero-order chi connectivity index (χ0) is 12.8. The molecular weight excluding hydrogens is 264 g/mol. The van der Waals surface area contributed by atoms with Crippen LogP contribution in [0.15, 0.2) is 11.2 Å². The summed E-state index contributed by atoms with van der Waals surface area (Å²) in [5.74, 6) is 0.0590. The highest BCUT2D eigenvalue weighted by atomic mass is 35.5. The number of hydrogen-bond acceptors (Lipinski definition) is 6. The number of methoxy groups -OCH3 is 2. The Morgan fingerprint density at radius 3 is 2.88 bits per heavy atom. The maximum atomic E-state index is 11.2. The van der Waals surface area contributed by atoms with Crippen LogP contribution in [0.5, 0.6) is 6.01 Å². The topological polar surface area (TPSA) is 61.3 Å². The molecule has 5 nitrogen and oxygen atoms in total. The molecule has 0 N–H and O–H groups in total. The highest BCUT2D eigenvalue weighted by Crippen LogP contribution is 2.27. The third-order valence-corrected chi connectivity index (χ3v) is 3.59. The Bertz CT molecular complexity index is 403. The summed E-state index contributed by atoms with van der Waals surface area (Å²) in [4.78, 5) is 19.2. The molecule has 0 amide bonds. The van der Waals surface area contributed by atoms with Crippen molar-refractivity contribution >= 4 is 29.3 Å². The molecule has 1 rings (SSSR count). The van der Waals surface area contributed by atoms with Crippen LogP contribution in [0.4, 0.5) is 0 Å². The van der Waals surface area contributed by atoms with Gasteiger partial charge in [-0.1, -0.05) is 18.5 Å². The van der Waals surface area contributed by atoms with Crippen LogP contribution in [0, 0.1) is 5.92 Å². The minimum absolute atomic E-state index is 0.220. The molecule has 1 heterocycles. The molecule has 0 spiro atoms. The lowest BCUT2D eigenvalue weighted by Gasteiger charge is -2.09. The van der Waals surface area contributed by atoms with Crippen molar-refractivity contribution in [1.29, 1.82) is 0 Å². The monoisotopic (exact) mass is 276 g/mol. The molecule has 1 unspecified atom stereocenters. The molecule has 17 heavy (non-hydrogen) atoms. The molecule has 94 valence electrons. The van der Waals surface area contributed by atoms with Gasteiger partial charge in [-0.15, -0.1) is 11.8 Å². The van der Waals surface area contributed by atoms with E-state index in [4.69, 9.17) is 16.3 Å². The standard InChI is InChI=1S/C10H13ClN2O3S/c1-6(9(14)15-2)5-17-8-7(11)4-12-10(13-8)16-3/h4,6H,5H2,1-3H3. The van der Waals surface area contributed by atoms with Crippen LogP contribution in [-0.2, 0) is 9.53 Å². The van der Waals surface area contributed by atoms with Gasteiger partial charge in [0.15, 0.2) is 0 Å². The summed E-state index contributed by atoms with van der Waals surface area (Å²) in [6.45, 7) is 1.78. The van der Waals surface area contributed by atoms with Gasteiger partial charge in [-0.25, -0.2) is 4.98 Å². The van der Waals surface area contributed by atoms with Gasteiger partial charge in [-0.2, -0.15) is 4.98 Å². The molecule has 0 aromatic carbocycles. The minimum Gasteiger partial charge on any atom is -0.469 e. The molecule has 0 aliphatic heterocycles. The van der Waals surface area contributed by atoms with E-state index < -0.39 is 0 Å². The van der Waals surface area contributed by atoms with E-state index in [1.54, 1.807) is 6.92 Å². The van der Waals surface area contributed by atoms with E-state index in [2.05, 4.69) is 14.7 Å². The van der Waals surface area contributed by atoms with E-state index in [1.807, 2.05) is 0 Å². The second-order valence-corrected chi connectivity index (χ2v) is 4.66. The molecule has 0 aliphatic rings. The number of hydrogen-bond donors (Lipinski definition) is 0. The van der Waals surface area contributed by atoms with Crippen molar-refractivity contribution in [1.82, 2.24) is 9.97 Å². The summed E-state index contributed by atoms with van der Waals surface area (Å²) in [5.41, 5.74) is 0. The first-order valence-corrected chi connectivity index (χ1v) is 6.22. The second-order valence-electron chi connectivity index (χ2n) is 3.25. The van der Waals surface area contributed by atoms with Gasteiger partial charge in [-0.3, -0.25) is 4.79 Å². The van der Waals surface area contributed by atoms with Crippen LogP contribution < -0.4 is 4.74 Å². The van der Waals surface area contributed by atoms with Gasteiger partial charge in [0.05, 0.1) is 31.4 Å². The van der Waals surface area contributed by atoms with Crippen molar-refractivity contribution in [2.45, 2.75) is 11.9 Å². The van der Waals surface area contributed by atoms with E-state index in [0.717, 1.165) is 0 Å². The first-order chi connectivity index (χ1) is 8.08. The fourth-order valence-electron chi connectivity index (χ4n) is 1.01. The maximum Gasteiger partial charge on any atom is 0.317 e. The fraction of sp³-hybridized carbons (Fsp3) is 0.500. The number of carbonyl (C=O) groups excluding carboxylic acids is 1. The van der Waals surface area contributed by atoms with Crippen molar-refractivity contribution in [3.05, 3.63) is 11.2 Å². The molecule has 0 bridgehead atoms. The number of esters is 1. The number of thioether (sulfide) groups is 1. The Hall–Kier alpha value is -1.01. The van der Waals surface area contributed by atoms with Crippen LogP contribution in [0.25, 0.3) is 0 Å². The Morgan fingerprint density at radius 2 is 2.29 bits per heavy atom. The van der Waals surface area contributed by atoms with Crippen LogP contribution in [0.2, 0.25) is 5.02 Å². The predicted octanol–water partition coefficient (Wildman–Crippen LogP) is 2.04. The van der Waals surface area contributed by atoms with E-state index in [1.165, 1.54) is 32.2 Å². The molecule has 7 heteroatoms. The van der Waals surface area contributed by atoms with Crippen molar-refractivity contribution in [3.63, 3.8) is 0 Å². The zero-order valence-electron chi connectivity index (χ0n) is 9.77. The van der Waals surface area contributed by atoms with Crippen molar-refractivity contribution in [2.24, 2.45) is 5.92 Å². The Kier molecular flexibility index (Phi) is 5.50. The molecule has 0 fully saturated rings. The SMILES string of the molecule is COC(=O)C(C)CSc1nc(OC)ncc1Cl. The molecule has 1 atom stereocenters. The summed E-state index contributed by atoms with van der Waals surface area (Å²) in [5, 5.41) is 1.03. The number of carbonyl (C=O) groups is 1. The van der Waals surface area contributed by atoms with Crippen LogP contribution >= 0.6 is 23.4 Å². The van der Waals surface area contributed by atoms with Gasteiger partial charge in [0, 0.05) is 5.75 Å². The van der Waals surface area contributed by atoms with Crippen LogP contribution in [0.3, 0.4) is 0 Å². The fourth-order valence-corrected chi connectivity index (χ4v) is 2.14. The highest BCUT2D eigenvalue weighted by molar-refractivity contribution is 7.99. The minimum atomic E-state index is -0.255. The van der Waals surface area contributed by atoms with Crippen molar-refractivity contribution in [2.75, 3.05) is 20.0 Å². The van der Waals surface area contributed by atoms with Crippen LogP contribution in [-0.4, -0.2) is 35.9 Å². The molecule has 1 aromatic heterocycles. The van der Waals surface area contributed by atoms with Gasteiger partial charge in [0.2, 0.25) is 0 Å². The normalized spacial score (nSPS) is 12.0. The zero-order valence-corrected chi connectivity index (χ0v) is 11.3. The number of aromatic nitrogens is 2. The number of halogens is 1. The van der Waals surface area contributed by atoms with E-state index in [9.17, 15) is 4.79 Å². The average molecular weight is 277 g/mol. The third kappa shape index (κ3) is 4.05. The van der Waals surface area contributed by atoms with E-state index >= 15 is 0 Å². The average Bonchev–Trinajstić information content (AvgIpc) is 2.36. The molecule has 1 aromatic rings. The second kappa shape index (κ2) is 6.66. The summed E-state index contributed by atoms with van der Waals surface area (Å²) < 4.78 is 9.53. The lowest BCUT2D eigenvalue weighted by atomic mass is 10.2.